The fraction of sp³-hybridized carbons (Fsp3) is 0.118. The Morgan fingerprint density at radius 2 is 1.95 bits per heavy atom. The van der Waals surface area contributed by atoms with Crippen LogP contribution in [0.4, 0.5) is 5.69 Å². The Labute approximate surface area is 128 Å². The highest BCUT2D eigenvalue weighted by Crippen LogP contribution is 2.26. The van der Waals surface area contributed by atoms with Gasteiger partial charge in [-0.25, -0.2) is 0 Å². The van der Waals surface area contributed by atoms with Crippen LogP contribution in [-0.2, 0) is 4.79 Å². The van der Waals surface area contributed by atoms with Gasteiger partial charge in [-0.2, -0.15) is 0 Å². The zero-order valence-electron chi connectivity index (χ0n) is 12.4. The Morgan fingerprint density at radius 1 is 1.14 bits per heavy atom. The molecule has 0 fully saturated rings. The van der Waals surface area contributed by atoms with Crippen molar-refractivity contribution in [2.24, 2.45) is 0 Å². The van der Waals surface area contributed by atoms with Crippen LogP contribution in [-0.4, -0.2) is 25.2 Å². The number of carbonyl (C=O) groups excluding carboxylic acids is 1. The number of phenols is 1. The summed E-state index contributed by atoms with van der Waals surface area (Å²) >= 11 is 0. The Hall–Kier alpha value is -2.95. The Kier molecular flexibility index (Phi) is 5.03. The SMILES string of the molecule is COc1cccc(NC(=O)C=Cc2ccc(OC)c(O)c2)c1. The van der Waals surface area contributed by atoms with Crippen LogP contribution in [0.2, 0.25) is 0 Å². The molecule has 1 amide bonds. The van der Waals surface area contributed by atoms with E-state index in [0.29, 0.717) is 22.7 Å². The quantitative estimate of drug-likeness (QED) is 0.833. The van der Waals surface area contributed by atoms with Crippen LogP contribution in [0.3, 0.4) is 0 Å². The number of hydrogen-bond acceptors (Lipinski definition) is 4. The van der Waals surface area contributed by atoms with Crippen molar-refractivity contribution < 1.29 is 19.4 Å². The number of aromatic hydroxyl groups is 1. The second-order valence-corrected chi connectivity index (χ2v) is 4.49. The molecule has 0 unspecified atom stereocenters. The maximum Gasteiger partial charge on any atom is 0.248 e. The predicted octanol–water partition coefficient (Wildman–Crippen LogP) is 3.06. The minimum atomic E-state index is -0.274. The Balaban J connectivity index is 2.03. The fourth-order valence-electron chi connectivity index (χ4n) is 1.87. The fourth-order valence-corrected chi connectivity index (χ4v) is 1.87. The van der Waals surface area contributed by atoms with Crippen molar-refractivity contribution in [3.05, 3.63) is 54.1 Å². The normalized spacial score (nSPS) is 10.5. The molecule has 2 N–H and O–H groups in total. The standard InChI is InChI=1S/C17H17NO4/c1-21-14-5-3-4-13(11-14)18-17(20)9-7-12-6-8-16(22-2)15(19)10-12/h3-11,19H,1-2H3,(H,18,20). The zero-order valence-corrected chi connectivity index (χ0v) is 12.4. The lowest BCUT2D eigenvalue weighted by atomic mass is 10.2. The number of ether oxygens (including phenoxy) is 2. The molecule has 0 heterocycles. The first-order valence-corrected chi connectivity index (χ1v) is 6.62. The molecule has 2 aromatic rings. The van der Waals surface area contributed by atoms with E-state index in [0.717, 1.165) is 0 Å². The van der Waals surface area contributed by atoms with Crippen LogP contribution in [0.5, 0.6) is 17.2 Å². The van der Waals surface area contributed by atoms with E-state index < -0.39 is 0 Å². The van der Waals surface area contributed by atoms with Crippen molar-refractivity contribution in [2.75, 3.05) is 19.5 Å². The van der Waals surface area contributed by atoms with E-state index in [9.17, 15) is 9.90 Å². The molecule has 0 aromatic heterocycles. The number of hydrogen-bond donors (Lipinski definition) is 2. The first-order chi connectivity index (χ1) is 10.6. The molecule has 5 nitrogen and oxygen atoms in total. The van der Waals surface area contributed by atoms with Gasteiger partial charge in [0.2, 0.25) is 5.91 Å². The molecular formula is C17H17NO4. The minimum absolute atomic E-state index is 0.0258. The minimum Gasteiger partial charge on any atom is -0.504 e. The molecule has 0 aliphatic carbocycles. The van der Waals surface area contributed by atoms with Gasteiger partial charge < -0.3 is 19.9 Å². The summed E-state index contributed by atoms with van der Waals surface area (Å²) in [6, 6.07) is 12.0. The van der Waals surface area contributed by atoms with Crippen molar-refractivity contribution in [1.29, 1.82) is 0 Å². The van der Waals surface area contributed by atoms with E-state index in [1.54, 1.807) is 49.6 Å². The summed E-state index contributed by atoms with van der Waals surface area (Å²) in [5.41, 5.74) is 1.34. The molecule has 0 saturated carbocycles. The van der Waals surface area contributed by atoms with Crippen LogP contribution in [0.15, 0.2) is 48.5 Å². The molecule has 2 rings (SSSR count). The number of methoxy groups -OCH3 is 2. The number of benzene rings is 2. The summed E-state index contributed by atoms with van der Waals surface area (Å²) in [4.78, 5) is 11.9. The third kappa shape index (κ3) is 4.02. The summed E-state index contributed by atoms with van der Waals surface area (Å²) in [6.45, 7) is 0. The number of phenolic OH excluding ortho intramolecular Hbond substituents is 1. The molecule has 0 spiro atoms. The van der Waals surface area contributed by atoms with Gasteiger partial charge in [-0.15, -0.1) is 0 Å². The summed E-state index contributed by atoms with van der Waals surface area (Å²) in [7, 11) is 3.04. The zero-order chi connectivity index (χ0) is 15.9. The lowest BCUT2D eigenvalue weighted by molar-refractivity contribution is -0.111. The van der Waals surface area contributed by atoms with Crippen molar-refractivity contribution >= 4 is 17.7 Å². The molecule has 0 radical (unpaired) electrons. The van der Waals surface area contributed by atoms with Crippen LogP contribution in [0.1, 0.15) is 5.56 Å². The number of amides is 1. The molecule has 2 aromatic carbocycles. The summed E-state index contributed by atoms with van der Waals surface area (Å²) in [5, 5.41) is 12.4. The highest BCUT2D eigenvalue weighted by molar-refractivity contribution is 6.02. The summed E-state index contributed by atoms with van der Waals surface area (Å²) < 4.78 is 10.1. The number of rotatable bonds is 5. The van der Waals surface area contributed by atoms with E-state index >= 15 is 0 Å². The lowest BCUT2D eigenvalue weighted by Gasteiger charge is -2.05. The van der Waals surface area contributed by atoms with Gasteiger partial charge in [0.15, 0.2) is 11.5 Å². The van der Waals surface area contributed by atoms with E-state index in [2.05, 4.69) is 5.32 Å². The van der Waals surface area contributed by atoms with Crippen LogP contribution in [0.25, 0.3) is 6.08 Å². The summed E-state index contributed by atoms with van der Waals surface area (Å²) in [5.74, 6) is 0.807. The average Bonchev–Trinajstić information content (AvgIpc) is 2.53. The van der Waals surface area contributed by atoms with E-state index in [4.69, 9.17) is 9.47 Å². The van der Waals surface area contributed by atoms with Crippen molar-refractivity contribution in [3.63, 3.8) is 0 Å². The van der Waals surface area contributed by atoms with Gasteiger partial charge >= 0.3 is 0 Å². The Morgan fingerprint density at radius 3 is 2.64 bits per heavy atom. The molecule has 22 heavy (non-hydrogen) atoms. The highest BCUT2D eigenvalue weighted by atomic mass is 16.5. The van der Waals surface area contributed by atoms with Gasteiger partial charge in [-0.3, -0.25) is 4.79 Å². The summed E-state index contributed by atoms with van der Waals surface area (Å²) in [6.07, 6.45) is 3.00. The number of anilines is 1. The van der Waals surface area contributed by atoms with Gasteiger partial charge in [-0.05, 0) is 35.9 Å². The number of carbonyl (C=O) groups is 1. The van der Waals surface area contributed by atoms with Gasteiger partial charge in [0.05, 0.1) is 14.2 Å². The van der Waals surface area contributed by atoms with E-state index in [1.165, 1.54) is 19.3 Å². The predicted molar refractivity (Wildman–Crippen MR) is 85.3 cm³/mol. The monoisotopic (exact) mass is 299 g/mol. The van der Waals surface area contributed by atoms with Gasteiger partial charge in [0, 0.05) is 17.8 Å². The third-order valence-electron chi connectivity index (χ3n) is 2.97. The maximum atomic E-state index is 11.9. The van der Waals surface area contributed by atoms with E-state index in [1.807, 2.05) is 0 Å². The molecule has 0 aliphatic heterocycles. The van der Waals surface area contributed by atoms with Crippen LogP contribution in [0, 0.1) is 0 Å². The van der Waals surface area contributed by atoms with Gasteiger partial charge in [0.1, 0.15) is 5.75 Å². The first kappa shape index (κ1) is 15.4. The van der Waals surface area contributed by atoms with E-state index in [-0.39, 0.29) is 11.7 Å². The molecule has 0 atom stereocenters. The maximum absolute atomic E-state index is 11.9. The van der Waals surface area contributed by atoms with Crippen LogP contribution < -0.4 is 14.8 Å². The van der Waals surface area contributed by atoms with Crippen LogP contribution >= 0.6 is 0 Å². The third-order valence-corrected chi connectivity index (χ3v) is 2.97. The molecule has 114 valence electrons. The second-order valence-electron chi connectivity index (χ2n) is 4.49. The van der Waals surface area contributed by atoms with Crippen molar-refractivity contribution in [2.45, 2.75) is 0 Å². The van der Waals surface area contributed by atoms with Crippen molar-refractivity contribution in [3.8, 4) is 17.2 Å². The second kappa shape index (κ2) is 7.17. The topological polar surface area (TPSA) is 67.8 Å². The lowest BCUT2D eigenvalue weighted by Crippen LogP contribution is -2.07. The van der Waals surface area contributed by atoms with Gasteiger partial charge in [-0.1, -0.05) is 12.1 Å². The molecule has 0 bridgehead atoms. The molecular weight excluding hydrogens is 282 g/mol. The highest BCUT2D eigenvalue weighted by Gasteiger charge is 2.02. The van der Waals surface area contributed by atoms with Crippen molar-refractivity contribution in [1.82, 2.24) is 0 Å². The van der Waals surface area contributed by atoms with Gasteiger partial charge in [0.25, 0.3) is 0 Å². The molecule has 0 aliphatic rings. The average molecular weight is 299 g/mol. The number of nitrogens with one attached hydrogen (secondary N) is 1. The molecule has 0 saturated heterocycles. The first-order valence-electron chi connectivity index (χ1n) is 6.62. The smallest absolute Gasteiger partial charge is 0.248 e. The molecule has 5 heteroatoms. The Bertz CT molecular complexity index is 695. The largest absolute Gasteiger partial charge is 0.504 e.